The molecule has 0 saturated carbocycles. The zero-order chi connectivity index (χ0) is 58.5. The van der Waals surface area contributed by atoms with Crippen LogP contribution >= 0.6 is 0 Å². The number of rotatable bonds is 61. The first kappa shape index (κ1) is 76.8. The normalized spacial score (nSPS) is 12.9. The van der Waals surface area contributed by atoms with E-state index in [2.05, 4.69) is 142 Å². The minimum Gasteiger partial charge on any atom is -0.462 e. The highest BCUT2D eigenvalue weighted by molar-refractivity contribution is 5.71. The van der Waals surface area contributed by atoms with Crippen molar-refractivity contribution in [1.82, 2.24) is 0 Å². The third kappa shape index (κ3) is 66.5. The van der Waals surface area contributed by atoms with Crippen LogP contribution in [0.15, 0.2) is 122 Å². The topological polar surface area (TPSA) is 78.9 Å². The van der Waals surface area contributed by atoms with Gasteiger partial charge in [0.25, 0.3) is 0 Å². The molecule has 0 aromatic carbocycles. The van der Waals surface area contributed by atoms with Gasteiger partial charge in [0.2, 0.25) is 0 Å². The number of esters is 3. The molecular formula is C75H126O6. The van der Waals surface area contributed by atoms with Gasteiger partial charge in [-0.1, -0.05) is 290 Å². The van der Waals surface area contributed by atoms with Gasteiger partial charge in [-0.2, -0.15) is 0 Å². The van der Waals surface area contributed by atoms with E-state index in [1.165, 1.54) is 154 Å². The fraction of sp³-hybridized carbons (Fsp3) is 0.693. The Labute approximate surface area is 501 Å². The summed E-state index contributed by atoms with van der Waals surface area (Å²) in [5, 5.41) is 0. The summed E-state index contributed by atoms with van der Waals surface area (Å²) in [6.07, 6.45) is 95.0. The number of carbonyl (C=O) groups is 3. The average Bonchev–Trinajstić information content (AvgIpc) is 3.47. The van der Waals surface area contributed by atoms with Crippen molar-refractivity contribution in [2.24, 2.45) is 0 Å². The Bertz CT molecular complexity index is 1670. The summed E-state index contributed by atoms with van der Waals surface area (Å²) < 4.78 is 16.9. The number of allylic oxidation sites excluding steroid dienone is 20. The lowest BCUT2D eigenvalue weighted by molar-refractivity contribution is -0.167. The molecule has 462 valence electrons. The first-order valence-electron chi connectivity index (χ1n) is 34.0. The van der Waals surface area contributed by atoms with Gasteiger partial charge in [-0.3, -0.25) is 14.4 Å². The van der Waals surface area contributed by atoms with Crippen molar-refractivity contribution >= 4 is 17.9 Å². The molecule has 1 unspecified atom stereocenters. The first-order valence-corrected chi connectivity index (χ1v) is 34.0. The molecule has 0 fully saturated rings. The lowest BCUT2D eigenvalue weighted by Crippen LogP contribution is -2.30. The van der Waals surface area contributed by atoms with Gasteiger partial charge in [0.15, 0.2) is 6.10 Å². The maximum atomic E-state index is 12.9. The lowest BCUT2D eigenvalue weighted by Gasteiger charge is -2.18. The summed E-state index contributed by atoms with van der Waals surface area (Å²) >= 11 is 0. The van der Waals surface area contributed by atoms with Crippen molar-refractivity contribution in [3.05, 3.63) is 122 Å². The minimum absolute atomic E-state index is 0.0864. The zero-order valence-electron chi connectivity index (χ0n) is 53.0. The van der Waals surface area contributed by atoms with Crippen molar-refractivity contribution in [2.45, 2.75) is 322 Å². The van der Waals surface area contributed by atoms with Gasteiger partial charge in [-0.15, -0.1) is 0 Å². The van der Waals surface area contributed by atoms with E-state index in [-0.39, 0.29) is 31.1 Å². The molecule has 0 bridgehead atoms. The van der Waals surface area contributed by atoms with Crippen LogP contribution in [-0.2, 0) is 28.6 Å². The van der Waals surface area contributed by atoms with Crippen LogP contribution in [0.5, 0.6) is 0 Å². The van der Waals surface area contributed by atoms with Crippen LogP contribution in [0.4, 0.5) is 0 Å². The molecule has 6 nitrogen and oxygen atoms in total. The quantitative estimate of drug-likeness (QED) is 0.0261. The van der Waals surface area contributed by atoms with Crippen molar-refractivity contribution in [1.29, 1.82) is 0 Å². The summed E-state index contributed by atoms with van der Waals surface area (Å²) in [5.74, 6) is -0.899. The molecule has 6 heteroatoms. The number of ether oxygens (including phenoxy) is 3. The zero-order valence-corrected chi connectivity index (χ0v) is 53.0. The van der Waals surface area contributed by atoms with Gasteiger partial charge in [-0.25, -0.2) is 0 Å². The molecule has 0 radical (unpaired) electrons. The molecule has 0 spiro atoms. The maximum absolute atomic E-state index is 12.9. The Morgan fingerprint density at radius 1 is 0.259 bits per heavy atom. The van der Waals surface area contributed by atoms with E-state index in [0.29, 0.717) is 19.3 Å². The Kier molecular flexibility index (Phi) is 64.8. The van der Waals surface area contributed by atoms with Crippen LogP contribution in [0.2, 0.25) is 0 Å². The van der Waals surface area contributed by atoms with Crippen LogP contribution in [0.25, 0.3) is 0 Å². The van der Waals surface area contributed by atoms with E-state index < -0.39 is 6.10 Å². The van der Waals surface area contributed by atoms with Gasteiger partial charge in [0, 0.05) is 19.3 Å². The standard InChI is InChI=1S/C75H126O6/c1-4-7-10-13-16-19-22-24-26-28-30-32-33-34-35-36-37-38-39-40-41-43-44-46-48-50-53-56-59-62-65-68-74(77)80-71-72(70-79-73(76)67-64-61-58-55-52-21-18-15-12-9-6-3)81-75(78)69-66-63-60-57-54-51-49-47-45-42-31-29-27-25-23-20-17-14-11-8-5-2/h7,10,15-16,18-19,23-26,29-32,34-35,37-38,40-41,72H,4-6,8-9,11-14,17,20-22,27-28,33,36,39,42-71H2,1-3H3/b10-7-,18-15-,19-16-,25-23-,26-24-,31-29-,32-30-,35-34-,38-37-,41-40-. The fourth-order valence-electron chi connectivity index (χ4n) is 9.32. The molecule has 1 atom stereocenters. The smallest absolute Gasteiger partial charge is 0.306 e. The van der Waals surface area contributed by atoms with E-state index in [1.807, 2.05) is 0 Å². The van der Waals surface area contributed by atoms with Gasteiger partial charge in [-0.05, 0) is 128 Å². The minimum atomic E-state index is -0.789. The third-order valence-electron chi connectivity index (χ3n) is 14.4. The number of carbonyl (C=O) groups excluding carboxylic acids is 3. The molecule has 0 saturated heterocycles. The molecule has 0 N–H and O–H groups in total. The van der Waals surface area contributed by atoms with E-state index in [1.54, 1.807) is 0 Å². The SMILES string of the molecule is CC/C=C\C/C=C\C/C=C\C/C=C\C/C=C\C/C=C\C/C=C\CCCCCCCCCCCC(=O)OCC(COC(=O)CCCCCCC/C=C\CCCC)OC(=O)CCCCCCCCCCC/C=C\C/C=C\CCCCCCC. The molecule has 0 aromatic rings. The first-order chi connectivity index (χ1) is 40.0. The summed E-state index contributed by atoms with van der Waals surface area (Å²) in [5.41, 5.74) is 0. The molecule has 81 heavy (non-hydrogen) atoms. The number of unbranched alkanes of at least 4 members (excludes halogenated alkanes) is 30. The molecular weight excluding hydrogens is 997 g/mol. The number of hydrogen-bond donors (Lipinski definition) is 0. The van der Waals surface area contributed by atoms with Crippen LogP contribution in [0.1, 0.15) is 316 Å². The predicted octanol–water partition coefficient (Wildman–Crippen LogP) is 23.6. The largest absolute Gasteiger partial charge is 0.462 e. The van der Waals surface area contributed by atoms with E-state index in [9.17, 15) is 14.4 Å². The Morgan fingerprint density at radius 2 is 0.494 bits per heavy atom. The molecule has 0 aliphatic carbocycles. The van der Waals surface area contributed by atoms with Crippen molar-refractivity contribution < 1.29 is 28.6 Å². The summed E-state index contributed by atoms with van der Waals surface area (Å²) in [6.45, 7) is 6.48. The molecule has 0 amide bonds. The Balaban J connectivity index is 4.27. The third-order valence-corrected chi connectivity index (χ3v) is 14.4. The highest BCUT2D eigenvalue weighted by atomic mass is 16.6. The monoisotopic (exact) mass is 1120 g/mol. The Morgan fingerprint density at radius 3 is 0.802 bits per heavy atom. The van der Waals surface area contributed by atoms with Gasteiger partial charge in [0.1, 0.15) is 13.2 Å². The van der Waals surface area contributed by atoms with Gasteiger partial charge < -0.3 is 14.2 Å². The molecule has 0 heterocycles. The number of hydrogen-bond acceptors (Lipinski definition) is 6. The molecule has 0 rings (SSSR count). The Hall–Kier alpha value is -4.19. The van der Waals surface area contributed by atoms with Crippen LogP contribution in [0.3, 0.4) is 0 Å². The highest BCUT2D eigenvalue weighted by Crippen LogP contribution is 2.16. The van der Waals surface area contributed by atoms with Crippen LogP contribution in [0, 0.1) is 0 Å². The van der Waals surface area contributed by atoms with Gasteiger partial charge >= 0.3 is 17.9 Å². The summed E-state index contributed by atoms with van der Waals surface area (Å²) in [4.78, 5) is 38.3. The lowest BCUT2D eigenvalue weighted by atomic mass is 10.1. The summed E-state index contributed by atoms with van der Waals surface area (Å²) in [6, 6.07) is 0. The molecule has 0 aliphatic rings. The van der Waals surface area contributed by atoms with Crippen molar-refractivity contribution in [2.75, 3.05) is 13.2 Å². The average molecular weight is 1120 g/mol. The maximum Gasteiger partial charge on any atom is 0.306 e. The highest BCUT2D eigenvalue weighted by Gasteiger charge is 2.19. The van der Waals surface area contributed by atoms with Gasteiger partial charge in [0.05, 0.1) is 0 Å². The fourth-order valence-corrected chi connectivity index (χ4v) is 9.32. The second-order valence-corrected chi connectivity index (χ2v) is 22.3. The van der Waals surface area contributed by atoms with E-state index in [4.69, 9.17) is 14.2 Å². The van der Waals surface area contributed by atoms with E-state index in [0.717, 1.165) is 122 Å². The second-order valence-electron chi connectivity index (χ2n) is 22.3. The van der Waals surface area contributed by atoms with E-state index >= 15 is 0 Å². The van der Waals surface area contributed by atoms with Crippen molar-refractivity contribution in [3.8, 4) is 0 Å². The molecule has 0 aromatic heterocycles. The van der Waals surface area contributed by atoms with Crippen LogP contribution in [-0.4, -0.2) is 37.2 Å². The predicted molar refractivity (Wildman–Crippen MR) is 353 cm³/mol. The second kappa shape index (κ2) is 68.3. The van der Waals surface area contributed by atoms with Crippen molar-refractivity contribution in [3.63, 3.8) is 0 Å². The molecule has 0 aliphatic heterocycles. The summed E-state index contributed by atoms with van der Waals surface area (Å²) in [7, 11) is 0. The van der Waals surface area contributed by atoms with Crippen LogP contribution < -0.4 is 0 Å².